The van der Waals surface area contributed by atoms with Crippen LogP contribution in [0.4, 0.5) is 22.0 Å². The van der Waals surface area contributed by atoms with E-state index in [1.54, 1.807) is 0 Å². The van der Waals surface area contributed by atoms with Gasteiger partial charge >= 0.3 is 15.6 Å². The van der Waals surface area contributed by atoms with Crippen LogP contribution >= 0.6 is 0 Å². The maximum absolute atomic E-state index is 13.3. The lowest BCUT2D eigenvalue weighted by atomic mass is 10.1. The Morgan fingerprint density at radius 2 is 1.75 bits per heavy atom. The zero-order valence-electron chi connectivity index (χ0n) is 9.28. The van der Waals surface area contributed by atoms with Crippen LogP contribution in [0.2, 0.25) is 0 Å². The smallest absolute Gasteiger partial charge is 0.355 e. The summed E-state index contributed by atoms with van der Waals surface area (Å²) in [5, 5.41) is -0.381. The molecular weight excluding hydrogens is 309 g/mol. The second kappa shape index (κ2) is 4.54. The molecule has 1 heterocycles. The number of fused-ring (bicyclic) bond motifs is 1. The van der Waals surface area contributed by atoms with Gasteiger partial charge in [-0.3, -0.25) is 0 Å². The van der Waals surface area contributed by atoms with Gasteiger partial charge in [0.2, 0.25) is 5.88 Å². The second-order valence-electron chi connectivity index (χ2n) is 3.61. The standard InChI is InChI=1S/C10H4F5NO3S/c11-6-1-5-2-9(16-4-7(5)8(12)3-6)19-20(17,18)10(13,14)15/h1-4H. The highest BCUT2D eigenvalue weighted by Crippen LogP contribution is 2.28. The quantitative estimate of drug-likeness (QED) is 0.486. The van der Waals surface area contributed by atoms with Crippen LogP contribution in [0.5, 0.6) is 5.88 Å². The first-order valence-electron chi connectivity index (χ1n) is 4.86. The summed E-state index contributed by atoms with van der Waals surface area (Å²) in [6.45, 7) is 0. The van der Waals surface area contributed by atoms with Crippen LogP contribution in [0.15, 0.2) is 24.4 Å². The Hall–Kier alpha value is -1.97. The summed E-state index contributed by atoms with van der Waals surface area (Å²) in [5.41, 5.74) is -5.63. The topological polar surface area (TPSA) is 56.3 Å². The summed E-state index contributed by atoms with van der Waals surface area (Å²) >= 11 is 0. The van der Waals surface area contributed by atoms with Gasteiger partial charge in [-0.15, -0.1) is 0 Å². The molecule has 10 heteroatoms. The van der Waals surface area contributed by atoms with E-state index in [0.29, 0.717) is 12.1 Å². The predicted molar refractivity (Wildman–Crippen MR) is 57.3 cm³/mol. The van der Waals surface area contributed by atoms with Crippen molar-refractivity contribution >= 4 is 20.9 Å². The van der Waals surface area contributed by atoms with Crippen LogP contribution in [0.1, 0.15) is 0 Å². The van der Waals surface area contributed by atoms with Gasteiger partial charge in [0.1, 0.15) is 11.6 Å². The fraction of sp³-hybridized carbons (Fsp3) is 0.100. The second-order valence-corrected chi connectivity index (χ2v) is 5.15. The average molecular weight is 313 g/mol. The highest BCUT2D eigenvalue weighted by Gasteiger charge is 2.48. The van der Waals surface area contributed by atoms with Gasteiger partial charge in [0.25, 0.3) is 0 Å². The van der Waals surface area contributed by atoms with E-state index in [1.807, 2.05) is 0 Å². The normalized spacial score (nSPS) is 12.7. The predicted octanol–water partition coefficient (Wildman–Crippen LogP) is 2.74. The molecule has 20 heavy (non-hydrogen) atoms. The van der Waals surface area contributed by atoms with E-state index in [9.17, 15) is 30.4 Å². The fourth-order valence-corrected chi connectivity index (χ4v) is 1.77. The van der Waals surface area contributed by atoms with Gasteiger partial charge < -0.3 is 4.18 Å². The van der Waals surface area contributed by atoms with Crippen LogP contribution in [0.3, 0.4) is 0 Å². The van der Waals surface area contributed by atoms with Crippen LogP contribution in [0, 0.1) is 11.6 Å². The van der Waals surface area contributed by atoms with Crippen molar-refractivity contribution in [2.75, 3.05) is 0 Å². The first kappa shape index (κ1) is 14.4. The van der Waals surface area contributed by atoms with Gasteiger partial charge in [-0.05, 0) is 11.5 Å². The number of aromatic nitrogens is 1. The van der Waals surface area contributed by atoms with Gasteiger partial charge in [-0.1, -0.05) is 0 Å². The van der Waals surface area contributed by atoms with Crippen LogP contribution in [0.25, 0.3) is 10.8 Å². The number of hydrogen-bond donors (Lipinski definition) is 0. The molecule has 0 saturated heterocycles. The molecule has 0 atom stereocenters. The van der Waals surface area contributed by atoms with E-state index in [-0.39, 0.29) is 10.8 Å². The lowest BCUT2D eigenvalue weighted by Gasteiger charge is -2.09. The molecule has 0 aliphatic heterocycles. The summed E-state index contributed by atoms with van der Waals surface area (Å²) in [6.07, 6.45) is 0.741. The molecule has 0 fully saturated rings. The third kappa shape index (κ3) is 2.64. The SMILES string of the molecule is O=S(=O)(Oc1cc2cc(F)cc(F)c2cn1)C(F)(F)F. The monoisotopic (exact) mass is 313 g/mol. The summed E-state index contributed by atoms with van der Waals surface area (Å²) < 4.78 is 87.8. The first-order valence-corrected chi connectivity index (χ1v) is 6.26. The molecule has 0 aliphatic carbocycles. The molecule has 0 bridgehead atoms. The largest absolute Gasteiger partial charge is 0.534 e. The molecule has 0 radical (unpaired) electrons. The number of rotatable bonds is 2. The Balaban J connectivity index is 2.48. The Kier molecular flexibility index (Phi) is 3.28. The number of hydrogen-bond acceptors (Lipinski definition) is 4. The molecule has 0 aliphatic rings. The molecule has 2 rings (SSSR count). The van der Waals surface area contributed by atoms with Gasteiger partial charge in [0, 0.05) is 23.7 Å². The maximum Gasteiger partial charge on any atom is 0.534 e. The summed E-state index contributed by atoms with van der Waals surface area (Å²) in [4.78, 5) is 3.23. The molecule has 0 unspecified atom stereocenters. The lowest BCUT2D eigenvalue weighted by molar-refractivity contribution is -0.0501. The third-order valence-electron chi connectivity index (χ3n) is 2.20. The molecule has 108 valence electrons. The van der Waals surface area contributed by atoms with Crippen LogP contribution in [-0.2, 0) is 10.1 Å². The maximum atomic E-state index is 13.3. The van der Waals surface area contributed by atoms with Crippen LogP contribution in [-0.4, -0.2) is 18.9 Å². The minimum atomic E-state index is -5.89. The summed E-state index contributed by atoms with van der Waals surface area (Å²) in [6, 6.07) is 2.04. The van der Waals surface area contributed by atoms with Gasteiger partial charge in [-0.2, -0.15) is 21.6 Å². The van der Waals surface area contributed by atoms with Crippen molar-refractivity contribution in [3.8, 4) is 5.88 Å². The van der Waals surface area contributed by atoms with Crippen molar-refractivity contribution < 1.29 is 34.6 Å². The average Bonchev–Trinajstić information content (AvgIpc) is 2.25. The Morgan fingerprint density at radius 1 is 1.10 bits per heavy atom. The number of nitrogens with zero attached hydrogens (tertiary/aromatic N) is 1. The molecule has 1 aromatic heterocycles. The Bertz CT molecular complexity index is 772. The zero-order valence-corrected chi connectivity index (χ0v) is 10.1. The zero-order chi connectivity index (χ0) is 15.1. The molecular formula is C10H4F5NO3S. The summed E-state index contributed by atoms with van der Waals surface area (Å²) in [5.74, 6) is -2.91. The number of benzene rings is 1. The van der Waals surface area contributed by atoms with E-state index in [0.717, 1.165) is 12.3 Å². The minimum Gasteiger partial charge on any atom is -0.355 e. The minimum absolute atomic E-state index is 0.190. The number of halogens is 5. The molecule has 1 aromatic carbocycles. The van der Waals surface area contributed by atoms with Crippen molar-refractivity contribution in [3.63, 3.8) is 0 Å². The van der Waals surface area contributed by atoms with Crippen molar-refractivity contribution in [1.82, 2.24) is 4.98 Å². The van der Waals surface area contributed by atoms with Crippen molar-refractivity contribution in [2.45, 2.75) is 5.51 Å². The molecule has 2 aromatic rings. The van der Waals surface area contributed by atoms with Crippen molar-refractivity contribution in [1.29, 1.82) is 0 Å². The van der Waals surface area contributed by atoms with Gasteiger partial charge in [0.15, 0.2) is 0 Å². The number of pyridine rings is 1. The van der Waals surface area contributed by atoms with Gasteiger partial charge in [-0.25, -0.2) is 13.8 Å². The Labute approximate surface area is 108 Å². The van der Waals surface area contributed by atoms with Crippen LogP contribution < -0.4 is 4.18 Å². The Morgan fingerprint density at radius 3 is 2.35 bits per heavy atom. The van der Waals surface area contributed by atoms with E-state index in [1.165, 1.54) is 0 Å². The van der Waals surface area contributed by atoms with E-state index in [4.69, 9.17) is 0 Å². The molecule has 0 N–H and O–H groups in total. The van der Waals surface area contributed by atoms with Crippen molar-refractivity contribution in [3.05, 3.63) is 36.0 Å². The first-order chi connectivity index (χ1) is 9.10. The van der Waals surface area contributed by atoms with Crippen molar-refractivity contribution in [2.24, 2.45) is 0 Å². The molecule has 0 spiro atoms. The molecule has 4 nitrogen and oxygen atoms in total. The molecule has 0 amide bonds. The summed E-state index contributed by atoms with van der Waals surface area (Å²) in [7, 11) is -5.89. The van der Waals surface area contributed by atoms with E-state index < -0.39 is 33.1 Å². The third-order valence-corrected chi connectivity index (χ3v) is 3.16. The highest BCUT2D eigenvalue weighted by molar-refractivity contribution is 7.87. The highest BCUT2D eigenvalue weighted by atomic mass is 32.2. The molecule has 0 saturated carbocycles. The fourth-order valence-electron chi connectivity index (χ4n) is 1.36. The van der Waals surface area contributed by atoms with E-state index >= 15 is 0 Å². The lowest BCUT2D eigenvalue weighted by Crippen LogP contribution is -2.28. The number of alkyl halides is 3. The van der Waals surface area contributed by atoms with E-state index in [2.05, 4.69) is 9.17 Å². The van der Waals surface area contributed by atoms with Gasteiger partial charge in [0.05, 0.1) is 0 Å².